The number of benzene rings is 2. The molecule has 10 heteroatoms. The summed E-state index contributed by atoms with van der Waals surface area (Å²) in [4.78, 5) is 58.8. The Morgan fingerprint density at radius 1 is 1.00 bits per heavy atom. The maximum Gasteiger partial charge on any atom is 0.326 e. The lowest BCUT2D eigenvalue weighted by Crippen LogP contribution is -2.58. The Morgan fingerprint density at radius 3 is 2.38 bits per heavy atom. The van der Waals surface area contributed by atoms with Crippen LogP contribution in [0.25, 0.3) is 11.0 Å². The summed E-state index contributed by atoms with van der Waals surface area (Å²) in [6, 6.07) is 14.5. The van der Waals surface area contributed by atoms with Gasteiger partial charge < -0.3 is 25.8 Å². The summed E-state index contributed by atoms with van der Waals surface area (Å²) < 4.78 is 1.77. The van der Waals surface area contributed by atoms with Crippen molar-refractivity contribution in [2.75, 3.05) is 19.6 Å². The number of H-pyrrole nitrogens is 1. The van der Waals surface area contributed by atoms with Crippen molar-refractivity contribution in [2.24, 2.45) is 5.73 Å². The van der Waals surface area contributed by atoms with Gasteiger partial charge in [-0.05, 0) is 56.4 Å². The number of nitrogens with zero attached hydrogens (tertiary/aromatic N) is 3. The van der Waals surface area contributed by atoms with Crippen molar-refractivity contribution in [2.45, 2.75) is 63.7 Å². The van der Waals surface area contributed by atoms with E-state index >= 15 is 0 Å². The Hall–Kier alpha value is -3.92. The van der Waals surface area contributed by atoms with Crippen molar-refractivity contribution in [3.8, 4) is 0 Å². The zero-order valence-electron chi connectivity index (χ0n) is 22.5. The van der Waals surface area contributed by atoms with Gasteiger partial charge in [0.2, 0.25) is 17.7 Å². The largest absolute Gasteiger partial charge is 0.342 e. The Balaban J connectivity index is 1.28. The lowest BCUT2D eigenvalue weighted by atomic mass is 9.98. The number of likely N-dealkylation sites (tertiary alicyclic amines) is 1. The van der Waals surface area contributed by atoms with Gasteiger partial charge in [0.25, 0.3) is 0 Å². The summed E-state index contributed by atoms with van der Waals surface area (Å²) in [7, 11) is 0. The minimum atomic E-state index is -1.20. The number of hydrogen-bond acceptors (Lipinski definition) is 5. The maximum absolute atomic E-state index is 13.7. The van der Waals surface area contributed by atoms with Gasteiger partial charge in [0.1, 0.15) is 6.04 Å². The predicted octanol–water partition coefficient (Wildman–Crippen LogP) is 1.69. The number of fused-ring (bicyclic) bond motifs is 2. The molecule has 1 saturated heterocycles. The topological polar surface area (TPSA) is 134 Å². The molecule has 0 spiro atoms. The number of imidazole rings is 1. The SMILES string of the molecule is CC(C)(N)C(=O)N[C@H](CC(=O)N1CCc2ccccc2C1)C(=O)N1CCC(n2c(=O)[nH]c3ccccc32)CC1. The van der Waals surface area contributed by atoms with Crippen molar-refractivity contribution in [1.82, 2.24) is 24.7 Å². The molecule has 2 aliphatic rings. The van der Waals surface area contributed by atoms with E-state index in [2.05, 4.69) is 16.4 Å². The smallest absolute Gasteiger partial charge is 0.326 e. The van der Waals surface area contributed by atoms with Crippen LogP contribution in [0.2, 0.25) is 0 Å². The molecule has 1 atom stereocenters. The molecule has 0 radical (unpaired) electrons. The minimum Gasteiger partial charge on any atom is -0.342 e. The molecular weight excluding hydrogens is 496 g/mol. The van der Waals surface area contributed by atoms with E-state index in [1.165, 1.54) is 5.56 Å². The number of aromatic amines is 1. The van der Waals surface area contributed by atoms with Crippen LogP contribution in [0.4, 0.5) is 0 Å². The number of carbonyl (C=O) groups is 3. The quantitative estimate of drug-likeness (QED) is 0.444. The average molecular weight is 533 g/mol. The fourth-order valence-electron chi connectivity index (χ4n) is 5.56. The van der Waals surface area contributed by atoms with Gasteiger partial charge in [0, 0.05) is 32.2 Å². The van der Waals surface area contributed by atoms with Crippen LogP contribution < -0.4 is 16.7 Å². The van der Waals surface area contributed by atoms with Crippen molar-refractivity contribution in [3.05, 3.63) is 70.1 Å². The van der Waals surface area contributed by atoms with Crippen LogP contribution in [0.3, 0.4) is 0 Å². The summed E-state index contributed by atoms with van der Waals surface area (Å²) in [5.41, 5.74) is 8.59. The second-order valence-corrected chi connectivity index (χ2v) is 11.2. The first-order valence-electron chi connectivity index (χ1n) is 13.5. The molecule has 5 rings (SSSR count). The van der Waals surface area contributed by atoms with Crippen molar-refractivity contribution < 1.29 is 14.4 Å². The molecule has 2 aromatic carbocycles. The van der Waals surface area contributed by atoms with Crippen LogP contribution in [-0.2, 0) is 27.3 Å². The molecule has 39 heavy (non-hydrogen) atoms. The van der Waals surface area contributed by atoms with Gasteiger partial charge in [-0.1, -0.05) is 36.4 Å². The van der Waals surface area contributed by atoms with Crippen LogP contribution in [-0.4, -0.2) is 68.3 Å². The Kier molecular flexibility index (Phi) is 7.31. The van der Waals surface area contributed by atoms with Gasteiger partial charge >= 0.3 is 5.69 Å². The van der Waals surface area contributed by atoms with Gasteiger partial charge in [-0.3, -0.25) is 19.0 Å². The van der Waals surface area contributed by atoms with Gasteiger partial charge in [0.05, 0.1) is 23.0 Å². The molecule has 0 saturated carbocycles. The summed E-state index contributed by atoms with van der Waals surface area (Å²) >= 11 is 0. The van der Waals surface area contributed by atoms with E-state index in [1.54, 1.807) is 28.2 Å². The third-order valence-corrected chi connectivity index (χ3v) is 7.82. The van der Waals surface area contributed by atoms with Crippen LogP contribution in [0.5, 0.6) is 0 Å². The molecule has 0 aliphatic carbocycles. The second-order valence-electron chi connectivity index (χ2n) is 11.2. The summed E-state index contributed by atoms with van der Waals surface area (Å²) in [5.74, 6) is -0.973. The number of carbonyl (C=O) groups excluding carboxylic acids is 3. The predicted molar refractivity (Wildman–Crippen MR) is 148 cm³/mol. The molecule has 3 amide bonds. The third kappa shape index (κ3) is 5.61. The normalized spacial score (nSPS) is 17.1. The number of hydrogen-bond donors (Lipinski definition) is 3. The first kappa shape index (κ1) is 26.7. The average Bonchev–Trinajstić information content (AvgIpc) is 3.27. The van der Waals surface area contributed by atoms with E-state index in [0.717, 1.165) is 23.0 Å². The molecule has 206 valence electrons. The molecule has 0 unspecified atom stereocenters. The Morgan fingerprint density at radius 2 is 1.67 bits per heavy atom. The van der Waals surface area contributed by atoms with E-state index in [0.29, 0.717) is 39.0 Å². The van der Waals surface area contributed by atoms with Crippen molar-refractivity contribution in [1.29, 1.82) is 0 Å². The van der Waals surface area contributed by atoms with Gasteiger partial charge in [-0.2, -0.15) is 0 Å². The highest BCUT2D eigenvalue weighted by Gasteiger charge is 2.35. The molecule has 3 heterocycles. The standard InChI is InChI=1S/C29H36N6O4/c1-29(2,30)27(38)31-23(17-25(36)34-14-11-19-7-3-4-8-20(19)18-34)26(37)33-15-12-21(13-16-33)35-24-10-6-5-9-22(24)32-28(35)39/h3-10,21,23H,11-18,30H2,1-2H3,(H,31,38)(H,32,39)/t23-/m1/s1. The minimum absolute atomic E-state index is 0.0521. The number of amides is 3. The number of piperidine rings is 1. The third-order valence-electron chi connectivity index (χ3n) is 7.82. The molecule has 10 nitrogen and oxygen atoms in total. The molecule has 0 bridgehead atoms. The van der Waals surface area contributed by atoms with E-state index in [9.17, 15) is 19.2 Å². The first-order chi connectivity index (χ1) is 18.6. The molecule has 2 aliphatic heterocycles. The van der Waals surface area contributed by atoms with E-state index in [4.69, 9.17) is 5.73 Å². The van der Waals surface area contributed by atoms with E-state index < -0.39 is 17.5 Å². The van der Waals surface area contributed by atoms with Crippen LogP contribution in [0.15, 0.2) is 53.3 Å². The highest BCUT2D eigenvalue weighted by molar-refractivity contribution is 5.94. The number of nitrogens with one attached hydrogen (secondary N) is 2. The first-order valence-corrected chi connectivity index (χ1v) is 13.5. The van der Waals surface area contributed by atoms with Crippen LogP contribution in [0, 0.1) is 0 Å². The lowest BCUT2D eigenvalue weighted by molar-refractivity contribution is -0.142. The number of nitrogens with two attached hydrogens (primary N) is 1. The lowest BCUT2D eigenvalue weighted by Gasteiger charge is -2.36. The van der Waals surface area contributed by atoms with Gasteiger partial charge in [-0.25, -0.2) is 4.79 Å². The fraction of sp³-hybridized carbons (Fsp3) is 0.448. The summed E-state index contributed by atoms with van der Waals surface area (Å²) in [5, 5.41) is 2.75. The van der Waals surface area contributed by atoms with Gasteiger partial charge in [-0.15, -0.1) is 0 Å². The Labute approximate surface area is 227 Å². The molecule has 1 aromatic heterocycles. The number of para-hydroxylation sites is 2. The zero-order valence-corrected chi connectivity index (χ0v) is 22.5. The summed E-state index contributed by atoms with van der Waals surface area (Å²) in [6.45, 7) is 5.02. The monoisotopic (exact) mass is 532 g/mol. The highest BCUT2D eigenvalue weighted by Crippen LogP contribution is 2.26. The molecule has 3 aromatic rings. The fourth-order valence-corrected chi connectivity index (χ4v) is 5.56. The van der Waals surface area contributed by atoms with Crippen molar-refractivity contribution >= 4 is 28.8 Å². The number of rotatable bonds is 6. The Bertz CT molecular complexity index is 1440. The summed E-state index contributed by atoms with van der Waals surface area (Å²) in [6.07, 6.45) is 1.80. The molecular formula is C29H36N6O4. The van der Waals surface area contributed by atoms with E-state index in [1.807, 2.05) is 42.5 Å². The van der Waals surface area contributed by atoms with Crippen LogP contribution in [0.1, 0.15) is 50.3 Å². The zero-order chi connectivity index (χ0) is 27.7. The van der Waals surface area contributed by atoms with E-state index in [-0.39, 0.29) is 30.0 Å². The highest BCUT2D eigenvalue weighted by atomic mass is 16.2. The van der Waals surface area contributed by atoms with Gasteiger partial charge in [0.15, 0.2) is 0 Å². The molecule has 4 N–H and O–H groups in total. The van der Waals surface area contributed by atoms with Crippen molar-refractivity contribution in [3.63, 3.8) is 0 Å². The molecule has 1 fully saturated rings. The maximum atomic E-state index is 13.7. The van der Waals surface area contributed by atoms with Crippen LogP contribution >= 0.6 is 0 Å². The number of aromatic nitrogens is 2. The second kappa shape index (κ2) is 10.7.